The number of hydrogen-bond acceptors (Lipinski definition) is 8. The zero-order chi connectivity index (χ0) is 16.6. The van der Waals surface area contributed by atoms with Crippen molar-refractivity contribution in [2.45, 2.75) is 21.6 Å². The molecule has 23 heavy (non-hydrogen) atoms. The minimum atomic E-state index is -1.17. The molecule has 0 saturated carbocycles. The van der Waals surface area contributed by atoms with Crippen molar-refractivity contribution in [3.05, 3.63) is 29.6 Å². The molecule has 3 rings (SSSR count). The van der Waals surface area contributed by atoms with E-state index >= 15 is 0 Å². The first-order valence-corrected chi connectivity index (χ1v) is 8.71. The van der Waals surface area contributed by atoms with E-state index in [1.165, 1.54) is 34.5 Å². The average molecular weight is 352 g/mol. The fraction of sp³-hybridized carbons (Fsp3) is 0.250. The van der Waals surface area contributed by atoms with Gasteiger partial charge in [0.05, 0.1) is 5.15 Å². The first kappa shape index (κ1) is 16.0. The molecule has 1 aliphatic rings. The van der Waals surface area contributed by atoms with Crippen LogP contribution in [0.4, 0.5) is 0 Å². The van der Waals surface area contributed by atoms with Gasteiger partial charge in [-0.1, -0.05) is 17.8 Å². The van der Waals surface area contributed by atoms with Crippen LogP contribution in [0.25, 0.3) is 0 Å². The van der Waals surface area contributed by atoms with Crippen LogP contribution in [0.15, 0.2) is 28.5 Å². The van der Waals surface area contributed by atoms with Gasteiger partial charge in [0.2, 0.25) is 5.16 Å². The summed E-state index contributed by atoms with van der Waals surface area (Å²) in [6.45, 7) is 0. The maximum atomic E-state index is 11.5. The lowest BCUT2D eigenvalue weighted by atomic mass is 9.77. The molecule has 4 N–H and O–H groups in total. The summed E-state index contributed by atoms with van der Waals surface area (Å²) in [4.78, 5) is 12.1. The molecule has 120 valence electrons. The molecule has 1 aromatic carbocycles. The number of nitrogens with two attached hydrogens (primary N) is 1. The summed E-state index contributed by atoms with van der Waals surface area (Å²) in [5.41, 5.74) is 0.811. The van der Waals surface area contributed by atoms with Crippen LogP contribution in [0.5, 0.6) is 5.75 Å². The van der Waals surface area contributed by atoms with E-state index in [9.17, 15) is 14.9 Å². The third-order valence-corrected chi connectivity index (χ3v) is 5.40. The van der Waals surface area contributed by atoms with E-state index in [2.05, 4.69) is 10.2 Å². The first-order chi connectivity index (χ1) is 11.0. The number of rotatable bonds is 4. The van der Waals surface area contributed by atoms with Gasteiger partial charge < -0.3 is 20.6 Å². The zero-order valence-electron chi connectivity index (χ0n) is 12.0. The summed E-state index contributed by atoms with van der Waals surface area (Å²) in [6, 6.07) is 3.57. The van der Waals surface area contributed by atoms with Gasteiger partial charge in [-0.15, -0.1) is 22.0 Å². The Morgan fingerprint density at radius 1 is 1.57 bits per heavy atom. The van der Waals surface area contributed by atoms with E-state index in [0.717, 1.165) is 5.56 Å². The number of aromatic carboxylic acids is 1. The van der Waals surface area contributed by atoms with Gasteiger partial charge in [0.25, 0.3) is 0 Å². The van der Waals surface area contributed by atoms with Gasteiger partial charge >= 0.3 is 13.1 Å². The predicted molar refractivity (Wildman–Crippen MR) is 87.3 cm³/mol. The van der Waals surface area contributed by atoms with Gasteiger partial charge in [-0.2, -0.15) is 0 Å². The minimum Gasteiger partial charge on any atom is -0.535 e. The van der Waals surface area contributed by atoms with Crippen LogP contribution in [-0.4, -0.2) is 49.5 Å². The topological polar surface area (TPSA) is 123 Å². The number of carboxylic acid groups (broad SMARTS) is 1. The van der Waals surface area contributed by atoms with Crippen molar-refractivity contribution in [1.82, 2.24) is 14.9 Å². The largest absolute Gasteiger partial charge is 0.537 e. The van der Waals surface area contributed by atoms with Gasteiger partial charge in [0, 0.05) is 4.90 Å². The summed E-state index contributed by atoms with van der Waals surface area (Å²) >= 11 is 2.55. The Hall–Kier alpha value is -1.85. The van der Waals surface area contributed by atoms with Crippen LogP contribution in [-0.2, 0) is 6.42 Å². The Morgan fingerprint density at radius 3 is 2.96 bits per heavy atom. The molecule has 11 heteroatoms. The molecule has 1 atom stereocenters. The van der Waals surface area contributed by atoms with Gasteiger partial charge in [-0.05, 0) is 24.3 Å². The predicted octanol–water partition coefficient (Wildman–Crippen LogP) is 0.528. The lowest BCUT2D eigenvalue weighted by Gasteiger charge is -2.28. The zero-order valence-corrected chi connectivity index (χ0v) is 13.7. The fourth-order valence-electron chi connectivity index (χ4n) is 2.34. The third kappa shape index (κ3) is 2.99. The maximum Gasteiger partial charge on any atom is 0.537 e. The van der Waals surface area contributed by atoms with Crippen LogP contribution in [0.2, 0.25) is 0 Å². The van der Waals surface area contributed by atoms with Crippen molar-refractivity contribution < 1.29 is 19.6 Å². The molecular weight excluding hydrogens is 339 g/mol. The second-order valence-corrected chi connectivity index (χ2v) is 6.88. The van der Waals surface area contributed by atoms with Gasteiger partial charge in [0.15, 0.2) is 0 Å². The molecule has 0 aliphatic carbocycles. The Bertz CT molecular complexity index is 757. The highest BCUT2D eigenvalue weighted by Gasteiger charge is 2.39. The number of aromatic nitrogens is 3. The number of benzene rings is 1. The molecular formula is C12H13BN4O4S2. The second-order valence-electron chi connectivity index (χ2n) is 4.83. The van der Waals surface area contributed by atoms with Gasteiger partial charge in [-0.25, -0.2) is 9.47 Å². The number of carboxylic acids is 1. The van der Waals surface area contributed by atoms with Crippen molar-refractivity contribution in [2.75, 3.05) is 12.1 Å². The lowest BCUT2D eigenvalue weighted by molar-refractivity contribution is 0.0690. The molecule has 1 aromatic heterocycles. The number of nitrogen functional groups attached to an aromatic ring is 1. The fourth-order valence-corrected chi connectivity index (χ4v) is 3.90. The quantitative estimate of drug-likeness (QED) is 0.410. The summed E-state index contributed by atoms with van der Waals surface area (Å²) < 4.78 is 6.77. The molecule has 0 bridgehead atoms. The third-order valence-electron chi connectivity index (χ3n) is 3.41. The highest BCUT2D eigenvalue weighted by Crippen LogP contribution is 2.39. The highest BCUT2D eigenvalue weighted by molar-refractivity contribution is 8.01. The lowest BCUT2D eigenvalue weighted by Crippen LogP contribution is -2.41. The molecule has 0 fully saturated rings. The molecule has 1 aliphatic heterocycles. The summed E-state index contributed by atoms with van der Waals surface area (Å²) in [6.07, 6.45) is 3.59. The average Bonchev–Trinajstić information content (AvgIpc) is 2.92. The van der Waals surface area contributed by atoms with Crippen molar-refractivity contribution in [3.8, 4) is 5.75 Å². The monoisotopic (exact) mass is 352 g/mol. The van der Waals surface area contributed by atoms with Crippen LogP contribution in [0.3, 0.4) is 0 Å². The molecule has 2 heterocycles. The number of thioether (sulfide) groups is 2. The molecule has 2 aromatic rings. The van der Waals surface area contributed by atoms with Crippen LogP contribution < -0.4 is 10.5 Å². The highest BCUT2D eigenvalue weighted by atomic mass is 32.2. The first-order valence-electron chi connectivity index (χ1n) is 6.61. The van der Waals surface area contributed by atoms with E-state index < -0.39 is 13.1 Å². The number of nitrogens with zero attached hydrogens (tertiary/aromatic N) is 3. The van der Waals surface area contributed by atoms with Gasteiger partial charge in [0.1, 0.15) is 17.6 Å². The Morgan fingerprint density at radius 2 is 2.35 bits per heavy atom. The summed E-state index contributed by atoms with van der Waals surface area (Å²) in [5, 5.41) is 27.3. The van der Waals surface area contributed by atoms with E-state index in [1.54, 1.807) is 12.3 Å². The van der Waals surface area contributed by atoms with Crippen LogP contribution in [0, 0.1) is 0 Å². The Balaban J connectivity index is 1.93. The van der Waals surface area contributed by atoms with Gasteiger partial charge in [-0.3, -0.25) is 0 Å². The number of carbonyl (C=O) groups is 1. The summed E-state index contributed by atoms with van der Waals surface area (Å²) in [7, 11) is -1.17. The van der Waals surface area contributed by atoms with Crippen molar-refractivity contribution in [1.29, 1.82) is 0 Å². The smallest absolute Gasteiger partial charge is 0.535 e. The van der Waals surface area contributed by atoms with E-state index in [-0.39, 0.29) is 16.5 Å². The minimum absolute atomic E-state index is 0.0829. The maximum absolute atomic E-state index is 11.5. The van der Waals surface area contributed by atoms with Crippen molar-refractivity contribution >= 4 is 36.6 Å². The molecule has 0 amide bonds. The Kier molecular flexibility index (Phi) is 4.42. The van der Waals surface area contributed by atoms with E-state index in [1.807, 2.05) is 6.07 Å². The van der Waals surface area contributed by atoms with Crippen molar-refractivity contribution in [2.24, 2.45) is 0 Å². The molecule has 0 saturated heterocycles. The van der Waals surface area contributed by atoms with Crippen LogP contribution in [0.1, 0.15) is 15.9 Å². The molecule has 0 spiro atoms. The van der Waals surface area contributed by atoms with E-state index in [0.29, 0.717) is 16.5 Å². The van der Waals surface area contributed by atoms with E-state index in [4.69, 9.17) is 10.5 Å². The second kappa shape index (κ2) is 6.34. The summed E-state index contributed by atoms with van der Waals surface area (Å²) in [5.74, 6) is 4.81. The molecule has 1 unspecified atom stereocenters. The van der Waals surface area contributed by atoms with Crippen LogP contribution >= 0.6 is 23.5 Å². The molecule has 8 nitrogen and oxygen atoms in total. The standard InChI is InChI=1S/C12H13BN4O4S2/c1-22-7-3-2-6-4-8(23-12-16-15-5-17(12)14)13(20)21-10(6)9(7)11(18)19/h2-3,5,8,20H,4,14H2,1H3,(H,18,19). The normalized spacial score (nSPS) is 16.8. The Labute approximate surface area is 140 Å². The molecule has 0 radical (unpaired) electrons. The number of hydrogen-bond donors (Lipinski definition) is 3. The van der Waals surface area contributed by atoms with Crippen molar-refractivity contribution in [3.63, 3.8) is 0 Å². The SMILES string of the molecule is CSc1ccc2c(c1C(=O)O)OB(O)C(Sc1nncn1N)C2. The number of fused-ring (bicyclic) bond motifs is 1.